The highest BCUT2D eigenvalue weighted by molar-refractivity contribution is 6.63. The third-order valence-electron chi connectivity index (χ3n) is 13.7. The molecule has 0 saturated carbocycles. The zero-order valence-electron chi connectivity index (χ0n) is 39.9. The minimum absolute atomic E-state index is 0.0960. The van der Waals surface area contributed by atoms with Crippen LogP contribution in [0, 0.1) is 11.6 Å². The van der Waals surface area contributed by atoms with Gasteiger partial charge in [-0.15, -0.1) is 0 Å². The fourth-order valence-corrected chi connectivity index (χ4v) is 8.21. The van der Waals surface area contributed by atoms with Crippen molar-refractivity contribution in [2.24, 2.45) is 0 Å². The van der Waals surface area contributed by atoms with Gasteiger partial charge in [-0.05, 0) is 125 Å². The van der Waals surface area contributed by atoms with Crippen LogP contribution in [0.4, 0.5) is 8.78 Å². The smallest absolute Gasteiger partial charge is 0.399 e. The first-order chi connectivity index (χ1) is 30.1. The van der Waals surface area contributed by atoms with Crippen LogP contribution in [0.3, 0.4) is 0 Å². The molecule has 6 aromatic rings. The molecule has 0 spiro atoms. The molecule has 2 aliphatic heterocycles. The molecule has 65 heavy (non-hydrogen) atoms. The summed E-state index contributed by atoms with van der Waals surface area (Å²) in [5.74, 6) is -1.29. The molecule has 11 nitrogen and oxygen atoms in total. The van der Waals surface area contributed by atoms with Gasteiger partial charge < -0.3 is 23.4 Å². The summed E-state index contributed by atoms with van der Waals surface area (Å²) in [7, 11) is -1.75. The number of ether oxygens (including phenoxy) is 1. The molecule has 4 aromatic carbocycles. The molecule has 0 N–H and O–H groups in total. The largest absolute Gasteiger partial charge is 0.495 e. The van der Waals surface area contributed by atoms with Crippen molar-refractivity contribution in [3.63, 3.8) is 0 Å². The fraction of sp³-hybridized carbons (Fsp3) is 0.440. The molecule has 0 unspecified atom stereocenters. The molecule has 2 aliphatic rings. The second kappa shape index (κ2) is 15.8. The van der Waals surface area contributed by atoms with Gasteiger partial charge in [0.1, 0.15) is 11.6 Å². The summed E-state index contributed by atoms with van der Waals surface area (Å²) >= 11 is 0. The van der Waals surface area contributed by atoms with Crippen LogP contribution in [0.25, 0.3) is 32.9 Å². The lowest BCUT2D eigenvalue weighted by Crippen LogP contribution is -2.41. The Balaban J connectivity index is 1.26. The van der Waals surface area contributed by atoms with Crippen LogP contribution < -0.4 is 22.0 Å². The van der Waals surface area contributed by atoms with Crippen LogP contribution >= 0.6 is 0 Å². The highest BCUT2D eigenvalue weighted by atomic mass is 19.1. The van der Waals surface area contributed by atoms with Gasteiger partial charge in [-0.3, -0.25) is 9.59 Å². The Morgan fingerprint density at radius 1 is 0.569 bits per heavy atom. The third-order valence-corrected chi connectivity index (χ3v) is 13.7. The summed E-state index contributed by atoms with van der Waals surface area (Å²) < 4.78 is 67.2. The Morgan fingerprint density at radius 2 is 0.908 bits per heavy atom. The summed E-state index contributed by atoms with van der Waals surface area (Å²) in [6, 6.07) is 17.1. The normalized spacial score (nSPS) is 18.0. The molecule has 0 aliphatic carbocycles. The van der Waals surface area contributed by atoms with E-state index in [1.165, 1.54) is 33.9 Å². The van der Waals surface area contributed by atoms with E-state index in [-0.39, 0.29) is 34.8 Å². The van der Waals surface area contributed by atoms with E-state index in [0.717, 1.165) is 11.1 Å². The minimum Gasteiger partial charge on any atom is -0.399 e. The Labute approximate surface area is 379 Å². The van der Waals surface area contributed by atoms with E-state index < -0.39 is 59.4 Å². The standard InChI is InChI=1S/C50H58B2F2N4O7/c1-45(2,3)31-21-29-25-55-57(43(59)41(29)37(53)23-31)39-19-15-17-35(51-62-47(7,8)48(9,10)63-51)33(39)27-61-28-34-36(52-64-49(11,12)50(13,14)65-52)18-16-20-40(34)58-44(60)42-30(26-56-58)22-32(24-38(42)54)46(4,5)6/h15-26H,27-28H2,1-14H3. The van der Waals surface area contributed by atoms with E-state index >= 15 is 8.78 Å². The zero-order valence-corrected chi connectivity index (χ0v) is 39.9. The van der Waals surface area contributed by atoms with Gasteiger partial charge in [-0.2, -0.15) is 19.6 Å². The maximum Gasteiger partial charge on any atom is 0.495 e. The minimum atomic E-state index is -0.873. The van der Waals surface area contributed by atoms with Crippen molar-refractivity contribution < 1.29 is 32.1 Å². The Hall–Kier alpha value is -5.05. The fourth-order valence-electron chi connectivity index (χ4n) is 8.21. The number of hydrogen-bond donors (Lipinski definition) is 0. The van der Waals surface area contributed by atoms with Crippen molar-refractivity contribution in [2.45, 2.75) is 143 Å². The molecule has 15 heteroatoms. The molecule has 2 saturated heterocycles. The van der Waals surface area contributed by atoms with Gasteiger partial charge in [0.25, 0.3) is 11.1 Å². The summed E-state index contributed by atoms with van der Waals surface area (Å²) in [5, 5.41) is 9.76. The van der Waals surface area contributed by atoms with E-state index in [0.29, 0.717) is 44.2 Å². The predicted octanol–water partition coefficient (Wildman–Crippen LogP) is 8.27. The number of aromatic nitrogens is 4. The molecule has 4 heterocycles. The van der Waals surface area contributed by atoms with Gasteiger partial charge in [0.05, 0.1) is 70.2 Å². The lowest BCUT2D eigenvalue weighted by atomic mass is 9.75. The summed E-state index contributed by atoms with van der Waals surface area (Å²) in [5.41, 5.74) is -0.554. The van der Waals surface area contributed by atoms with Crippen LogP contribution in [0.5, 0.6) is 0 Å². The van der Waals surface area contributed by atoms with Crippen LogP contribution in [-0.2, 0) is 47.4 Å². The second-order valence-corrected chi connectivity index (χ2v) is 21.4. The van der Waals surface area contributed by atoms with Gasteiger partial charge in [0.15, 0.2) is 0 Å². The predicted molar refractivity (Wildman–Crippen MR) is 252 cm³/mol. The van der Waals surface area contributed by atoms with Crippen molar-refractivity contribution in [2.75, 3.05) is 0 Å². The number of benzene rings is 4. The number of hydrogen-bond acceptors (Lipinski definition) is 9. The molecule has 0 bridgehead atoms. The van der Waals surface area contributed by atoms with Crippen LogP contribution in [-0.4, -0.2) is 56.2 Å². The Kier molecular flexibility index (Phi) is 11.3. The van der Waals surface area contributed by atoms with Gasteiger partial charge >= 0.3 is 14.2 Å². The van der Waals surface area contributed by atoms with Crippen molar-refractivity contribution in [1.82, 2.24) is 19.6 Å². The van der Waals surface area contributed by atoms with E-state index in [1.807, 2.05) is 109 Å². The molecule has 0 atom stereocenters. The topological polar surface area (TPSA) is 116 Å². The highest BCUT2D eigenvalue weighted by Crippen LogP contribution is 2.39. The van der Waals surface area contributed by atoms with E-state index in [9.17, 15) is 9.59 Å². The Morgan fingerprint density at radius 3 is 1.23 bits per heavy atom. The molecule has 2 aromatic heterocycles. The second-order valence-electron chi connectivity index (χ2n) is 21.4. The van der Waals surface area contributed by atoms with Gasteiger partial charge in [0.2, 0.25) is 0 Å². The third kappa shape index (κ3) is 8.17. The molecular formula is C50H58B2F2N4O7. The van der Waals surface area contributed by atoms with Crippen molar-refractivity contribution in [1.29, 1.82) is 0 Å². The molecule has 340 valence electrons. The summed E-state index contributed by atoms with van der Waals surface area (Å²) in [4.78, 5) is 28.8. The van der Waals surface area contributed by atoms with Crippen LogP contribution in [0.15, 0.2) is 82.6 Å². The first-order valence-corrected chi connectivity index (χ1v) is 22.1. The zero-order chi connectivity index (χ0) is 47.4. The lowest BCUT2D eigenvalue weighted by Gasteiger charge is -2.32. The van der Waals surface area contributed by atoms with Crippen molar-refractivity contribution >= 4 is 46.7 Å². The molecule has 2 fully saturated rings. The average molecular weight is 887 g/mol. The molecule has 0 radical (unpaired) electrons. The van der Waals surface area contributed by atoms with Crippen LogP contribution in [0.2, 0.25) is 0 Å². The maximum absolute atomic E-state index is 16.0. The number of nitrogens with zero attached hydrogens (tertiary/aromatic N) is 4. The van der Waals surface area contributed by atoms with E-state index in [1.54, 1.807) is 36.4 Å². The van der Waals surface area contributed by atoms with Gasteiger partial charge in [0, 0.05) is 21.9 Å². The SMILES string of the molecule is CC(C)(C)c1cc(F)c2c(=O)n(-c3cccc(B4OC(C)(C)C(C)(C)O4)c3COCc3c(B4OC(C)(C)C(C)(C)O4)cccc3-n3ncc4cc(C(C)(C)C)cc(F)c4c3=O)ncc2c1. The number of rotatable bonds is 8. The summed E-state index contributed by atoms with van der Waals surface area (Å²) in [6.07, 6.45) is 2.99. The molecule has 0 amide bonds. The average Bonchev–Trinajstić information content (AvgIpc) is 3.56. The van der Waals surface area contributed by atoms with E-state index in [4.69, 9.17) is 23.4 Å². The number of fused-ring (bicyclic) bond motifs is 2. The summed E-state index contributed by atoms with van der Waals surface area (Å²) in [6.45, 7) is 27.2. The first-order valence-electron chi connectivity index (χ1n) is 22.1. The number of halogens is 2. The quantitative estimate of drug-likeness (QED) is 0.139. The highest BCUT2D eigenvalue weighted by Gasteiger charge is 2.53. The van der Waals surface area contributed by atoms with Crippen molar-refractivity contribution in [3.05, 3.63) is 128 Å². The Bertz CT molecular complexity index is 2770. The van der Waals surface area contributed by atoms with Crippen LogP contribution in [0.1, 0.15) is 119 Å². The maximum atomic E-state index is 16.0. The molecular weight excluding hydrogens is 828 g/mol. The van der Waals surface area contributed by atoms with E-state index in [2.05, 4.69) is 10.2 Å². The van der Waals surface area contributed by atoms with Gasteiger partial charge in [-0.1, -0.05) is 65.8 Å². The van der Waals surface area contributed by atoms with Gasteiger partial charge in [-0.25, -0.2) is 8.78 Å². The monoisotopic (exact) mass is 886 g/mol. The first kappa shape index (κ1) is 46.5. The lowest BCUT2D eigenvalue weighted by molar-refractivity contribution is 0.00578. The molecule has 8 rings (SSSR count). The van der Waals surface area contributed by atoms with Crippen molar-refractivity contribution in [3.8, 4) is 11.4 Å².